The fraction of sp³-hybridized carbons (Fsp3) is 0.526. The van der Waals surface area contributed by atoms with Crippen molar-refractivity contribution < 1.29 is 19.1 Å². The Labute approximate surface area is 151 Å². The molecule has 0 bridgehead atoms. The van der Waals surface area contributed by atoms with Crippen LogP contribution in [0.15, 0.2) is 12.1 Å². The zero-order valence-corrected chi connectivity index (χ0v) is 14.5. The number of imide groups is 1. The van der Waals surface area contributed by atoms with E-state index in [1.54, 1.807) is 0 Å². The lowest BCUT2D eigenvalue weighted by Crippen LogP contribution is -2.52. The number of hydrogen-bond donors (Lipinski definition) is 1. The van der Waals surface area contributed by atoms with E-state index < -0.39 is 0 Å². The van der Waals surface area contributed by atoms with E-state index in [0.29, 0.717) is 31.4 Å². The van der Waals surface area contributed by atoms with Crippen LogP contribution in [0.4, 0.5) is 0 Å². The summed E-state index contributed by atoms with van der Waals surface area (Å²) in [5.74, 6) is 0.000950. The lowest BCUT2D eigenvalue weighted by Gasteiger charge is -2.33. The van der Waals surface area contributed by atoms with Crippen LogP contribution in [-0.2, 0) is 21.5 Å². The summed E-state index contributed by atoms with van der Waals surface area (Å²) < 4.78 is 5.97. The summed E-state index contributed by atoms with van der Waals surface area (Å²) in [7, 11) is 0. The smallest absolute Gasteiger partial charge is 0.273 e. The van der Waals surface area contributed by atoms with Crippen molar-refractivity contribution in [3.05, 3.63) is 28.8 Å². The maximum Gasteiger partial charge on any atom is 0.273 e. The molecule has 0 radical (unpaired) electrons. The Balaban J connectivity index is 1.51. The zero-order valence-electron chi connectivity index (χ0n) is 14.5. The molecule has 0 unspecified atom stereocenters. The quantitative estimate of drug-likeness (QED) is 0.764. The van der Waals surface area contributed by atoms with Gasteiger partial charge in [0, 0.05) is 29.4 Å². The molecule has 1 N–H and O–H groups in total. The molecule has 0 atom stereocenters. The highest BCUT2D eigenvalue weighted by atomic mass is 16.5. The predicted molar refractivity (Wildman–Crippen MR) is 91.3 cm³/mol. The third-order valence-corrected chi connectivity index (χ3v) is 6.12. The molecule has 3 amide bonds. The summed E-state index contributed by atoms with van der Waals surface area (Å²) in [6.07, 6.45) is 3.14. The number of amides is 3. The molecule has 2 saturated heterocycles. The van der Waals surface area contributed by atoms with Gasteiger partial charge in [-0.1, -0.05) is 0 Å². The Kier molecular flexibility index (Phi) is 3.37. The van der Waals surface area contributed by atoms with Crippen LogP contribution < -0.4 is 10.1 Å². The van der Waals surface area contributed by atoms with Gasteiger partial charge in [-0.2, -0.15) is 5.01 Å². The number of hydrazine groups is 1. The normalized spacial score (nSPS) is 24.1. The molecule has 4 heterocycles. The van der Waals surface area contributed by atoms with Crippen molar-refractivity contribution in [2.45, 2.75) is 44.1 Å². The number of benzene rings is 1. The van der Waals surface area contributed by atoms with Gasteiger partial charge in [-0.15, -0.1) is 0 Å². The van der Waals surface area contributed by atoms with E-state index in [-0.39, 0.29) is 29.7 Å². The van der Waals surface area contributed by atoms with E-state index in [4.69, 9.17) is 4.74 Å². The van der Waals surface area contributed by atoms with E-state index in [2.05, 4.69) is 5.32 Å². The summed E-state index contributed by atoms with van der Waals surface area (Å²) in [4.78, 5) is 37.4. The Morgan fingerprint density at radius 2 is 1.77 bits per heavy atom. The van der Waals surface area contributed by atoms with Crippen LogP contribution >= 0.6 is 0 Å². The van der Waals surface area contributed by atoms with E-state index in [1.807, 2.05) is 12.1 Å². The number of ether oxygens (including phenoxy) is 1. The molecule has 7 nitrogen and oxygen atoms in total. The van der Waals surface area contributed by atoms with Gasteiger partial charge in [0.25, 0.3) is 5.91 Å². The van der Waals surface area contributed by atoms with Crippen molar-refractivity contribution in [3.63, 3.8) is 0 Å². The van der Waals surface area contributed by atoms with Gasteiger partial charge in [-0.05, 0) is 50.0 Å². The number of nitrogens with zero attached hydrogens (tertiary/aromatic N) is 2. The first-order chi connectivity index (χ1) is 12.6. The van der Waals surface area contributed by atoms with E-state index in [9.17, 15) is 14.4 Å². The van der Waals surface area contributed by atoms with E-state index >= 15 is 0 Å². The van der Waals surface area contributed by atoms with Crippen molar-refractivity contribution in [2.75, 3.05) is 19.7 Å². The molecule has 4 aliphatic rings. The van der Waals surface area contributed by atoms with Crippen LogP contribution in [-0.4, -0.2) is 47.4 Å². The number of carbonyl (C=O) groups is 3. The first-order valence-electron chi connectivity index (χ1n) is 9.28. The molecule has 26 heavy (non-hydrogen) atoms. The maximum atomic E-state index is 13.0. The number of nitrogens with one attached hydrogen (secondary N) is 1. The second-order valence-electron chi connectivity index (χ2n) is 7.64. The minimum atomic E-state index is -0.291. The minimum absolute atomic E-state index is 0.0277. The number of carbonyl (C=O) groups excluding carboxylic acids is 3. The third-order valence-electron chi connectivity index (χ3n) is 6.12. The molecule has 0 aromatic heterocycles. The highest BCUT2D eigenvalue weighted by molar-refractivity contribution is 6.04. The van der Waals surface area contributed by atoms with Crippen LogP contribution in [0.5, 0.6) is 5.75 Å². The topological polar surface area (TPSA) is 79.0 Å². The second kappa shape index (κ2) is 5.54. The average molecular weight is 355 g/mol. The summed E-state index contributed by atoms with van der Waals surface area (Å²) in [6, 6.07) is 3.88. The summed E-state index contributed by atoms with van der Waals surface area (Å²) in [5.41, 5.74) is 2.49. The highest BCUT2D eigenvalue weighted by Crippen LogP contribution is 2.46. The van der Waals surface area contributed by atoms with Crippen molar-refractivity contribution in [1.29, 1.82) is 0 Å². The zero-order chi connectivity index (χ0) is 17.9. The first kappa shape index (κ1) is 15.8. The van der Waals surface area contributed by atoms with Gasteiger partial charge in [0.15, 0.2) is 0 Å². The lowest BCUT2D eigenvalue weighted by molar-refractivity contribution is -0.163. The molecule has 4 aliphatic heterocycles. The Morgan fingerprint density at radius 3 is 2.50 bits per heavy atom. The van der Waals surface area contributed by atoms with Gasteiger partial charge in [-0.25, -0.2) is 5.01 Å². The number of fused-ring (bicyclic) bond motifs is 3. The van der Waals surface area contributed by atoms with Gasteiger partial charge in [0.1, 0.15) is 5.75 Å². The van der Waals surface area contributed by atoms with Crippen molar-refractivity contribution in [2.24, 2.45) is 0 Å². The molecule has 2 fully saturated rings. The molecule has 1 aromatic carbocycles. The van der Waals surface area contributed by atoms with Crippen molar-refractivity contribution in [3.8, 4) is 5.75 Å². The van der Waals surface area contributed by atoms with Gasteiger partial charge in [-0.3, -0.25) is 14.4 Å². The van der Waals surface area contributed by atoms with Crippen LogP contribution in [0.2, 0.25) is 0 Å². The lowest BCUT2D eigenvalue weighted by atomic mass is 9.74. The molecular weight excluding hydrogens is 334 g/mol. The number of piperidine rings is 2. The maximum absolute atomic E-state index is 13.0. The standard InChI is InChI=1S/C19H21N3O4/c23-16-2-1-3-17(24)22(16)21-10-12-8-15-14(9-13(12)18(21)25)19(11-26-15)4-6-20-7-5-19/h8-9,20H,1-7,10-11H2. The molecule has 5 rings (SSSR count). The number of hydrogen-bond acceptors (Lipinski definition) is 5. The van der Waals surface area contributed by atoms with Crippen LogP contribution in [0, 0.1) is 0 Å². The second-order valence-corrected chi connectivity index (χ2v) is 7.64. The van der Waals surface area contributed by atoms with Crippen LogP contribution in [0.1, 0.15) is 53.6 Å². The largest absolute Gasteiger partial charge is 0.492 e. The highest BCUT2D eigenvalue weighted by Gasteiger charge is 2.45. The molecule has 136 valence electrons. The fourth-order valence-corrected chi connectivity index (χ4v) is 4.64. The van der Waals surface area contributed by atoms with E-state index in [0.717, 1.165) is 47.8 Å². The van der Waals surface area contributed by atoms with Gasteiger partial charge in [0.05, 0.1) is 13.2 Å². The van der Waals surface area contributed by atoms with Crippen LogP contribution in [0.25, 0.3) is 0 Å². The van der Waals surface area contributed by atoms with Gasteiger partial charge >= 0.3 is 0 Å². The minimum Gasteiger partial charge on any atom is -0.492 e. The summed E-state index contributed by atoms with van der Waals surface area (Å²) in [5, 5.41) is 5.73. The van der Waals surface area contributed by atoms with Gasteiger partial charge < -0.3 is 10.1 Å². The first-order valence-corrected chi connectivity index (χ1v) is 9.28. The summed E-state index contributed by atoms with van der Waals surface area (Å²) >= 11 is 0. The van der Waals surface area contributed by atoms with E-state index in [1.165, 1.54) is 5.01 Å². The summed E-state index contributed by atoms with van der Waals surface area (Å²) in [6.45, 7) is 2.79. The molecule has 1 spiro atoms. The van der Waals surface area contributed by atoms with Crippen molar-refractivity contribution in [1.82, 2.24) is 15.3 Å². The van der Waals surface area contributed by atoms with Gasteiger partial charge in [0.2, 0.25) is 11.8 Å². The predicted octanol–water partition coefficient (Wildman–Crippen LogP) is 1.11. The molecular formula is C19H21N3O4. The molecule has 0 saturated carbocycles. The van der Waals surface area contributed by atoms with Crippen molar-refractivity contribution >= 4 is 17.7 Å². The monoisotopic (exact) mass is 355 g/mol. The molecule has 1 aromatic rings. The number of rotatable bonds is 1. The molecule has 0 aliphatic carbocycles. The fourth-order valence-electron chi connectivity index (χ4n) is 4.64. The average Bonchev–Trinajstić information content (AvgIpc) is 3.13. The third kappa shape index (κ3) is 2.13. The van der Waals surface area contributed by atoms with Crippen LogP contribution in [0.3, 0.4) is 0 Å². The molecule has 7 heteroatoms. The Bertz CT molecular complexity index is 812. The Hall–Kier alpha value is -2.41. The SMILES string of the molecule is O=C1c2cc3c(cc2CN1N1C(=O)CCCC1=O)OCC31CCNCC1. The Morgan fingerprint density at radius 1 is 1.04 bits per heavy atom.